The summed E-state index contributed by atoms with van der Waals surface area (Å²) in [5.74, 6) is 0. The van der Waals surface area contributed by atoms with E-state index in [4.69, 9.17) is 5.11 Å². The number of aromatic nitrogens is 1. The van der Waals surface area contributed by atoms with Crippen LogP contribution in [0.4, 0.5) is 0 Å². The van der Waals surface area contributed by atoms with Crippen LogP contribution >= 0.6 is 15.9 Å². The van der Waals surface area contributed by atoms with Crippen molar-refractivity contribution in [2.24, 2.45) is 0 Å². The van der Waals surface area contributed by atoms with Gasteiger partial charge in [0.2, 0.25) is 10.0 Å². The molecule has 2 N–H and O–H groups in total. The van der Waals surface area contributed by atoms with E-state index in [-0.39, 0.29) is 18.0 Å². The number of aliphatic hydroxyl groups is 1. The summed E-state index contributed by atoms with van der Waals surface area (Å²) in [5, 5.41) is 9.10. The first-order chi connectivity index (χ1) is 10.0. The van der Waals surface area contributed by atoms with E-state index in [1.54, 1.807) is 18.3 Å². The lowest BCUT2D eigenvalue weighted by Gasteiger charge is -2.09. The molecule has 0 bridgehead atoms. The Morgan fingerprint density at radius 2 is 2.05 bits per heavy atom. The molecular weight excluding hydrogens is 356 g/mol. The van der Waals surface area contributed by atoms with Crippen molar-refractivity contribution in [2.45, 2.75) is 17.9 Å². The normalized spacial score (nSPS) is 11.5. The number of sulfonamides is 1. The molecule has 1 aromatic carbocycles. The van der Waals surface area contributed by atoms with Crippen LogP contribution in [0.3, 0.4) is 0 Å². The highest BCUT2D eigenvalue weighted by Gasteiger charge is 2.17. The quantitative estimate of drug-likeness (QED) is 0.813. The van der Waals surface area contributed by atoms with Gasteiger partial charge >= 0.3 is 0 Å². The van der Waals surface area contributed by atoms with Gasteiger partial charge in [0, 0.05) is 29.3 Å². The Kier molecular flexibility index (Phi) is 5.46. The van der Waals surface area contributed by atoms with Gasteiger partial charge in [-0.3, -0.25) is 4.98 Å². The van der Waals surface area contributed by atoms with Gasteiger partial charge in [0.25, 0.3) is 0 Å². The largest absolute Gasteiger partial charge is 0.392 e. The molecule has 0 amide bonds. The third kappa shape index (κ3) is 4.34. The summed E-state index contributed by atoms with van der Waals surface area (Å²) in [6.45, 7) is 0.0544. The summed E-state index contributed by atoms with van der Waals surface area (Å²) < 4.78 is 27.5. The average molecular weight is 371 g/mol. The molecule has 7 heteroatoms. The van der Waals surface area contributed by atoms with Crippen LogP contribution in [0.25, 0.3) is 0 Å². The van der Waals surface area contributed by atoms with E-state index >= 15 is 0 Å². The lowest BCUT2D eigenvalue weighted by Crippen LogP contribution is -2.26. The molecule has 0 aliphatic rings. The minimum absolute atomic E-state index is 0.120. The summed E-state index contributed by atoms with van der Waals surface area (Å²) in [6, 6.07) is 10.2. The predicted octanol–water partition coefficient (Wildman–Crippen LogP) is 1.86. The monoisotopic (exact) mass is 370 g/mol. The number of pyridine rings is 1. The summed E-state index contributed by atoms with van der Waals surface area (Å²) in [7, 11) is -3.63. The number of nitrogens with one attached hydrogen (secondary N) is 1. The van der Waals surface area contributed by atoms with Gasteiger partial charge < -0.3 is 5.11 Å². The summed E-state index contributed by atoms with van der Waals surface area (Å²) in [4.78, 5) is 4.26. The average Bonchev–Trinajstić information content (AvgIpc) is 2.48. The van der Waals surface area contributed by atoms with Gasteiger partial charge in [-0.2, -0.15) is 0 Å². The van der Waals surface area contributed by atoms with Crippen molar-refractivity contribution in [3.8, 4) is 0 Å². The van der Waals surface area contributed by atoms with Crippen molar-refractivity contribution in [1.82, 2.24) is 9.71 Å². The Morgan fingerprint density at radius 1 is 1.24 bits per heavy atom. The number of hydrogen-bond donors (Lipinski definition) is 2. The van der Waals surface area contributed by atoms with Crippen molar-refractivity contribution in [2.75, 3.05) is 6.54 Å². The molecule has 2 rings (SSSR count). The van der Waals surface area contributed by atoms with E-state index < -0.39 is 10.0 Å². The molecule has 0 saturated carbocycles. The maximum Gasteiger partial charge on any atom is 0.241 e. The van der Waals surface area contributed by atoms with Crippen LogP contribution < -0.4 is 4.72 Å². The fourth-order valence-corrected chi connectivity index (χ4v) is 3.83. The lowest BCUT2D eigenvalue weighted by atomic mass is 10.2. The Bertz CT molecular complexity index is 705. The molecule has 112 valence electrons. The highest BCUT2D eigenvalue weighted by atomic mass is 79.9. The van der Waals surface area contributed by atoms with Gasteiger partial charge in [0.15, 0.2) is 0 Å². The second-order valence-corrected chi connectivity index (χ2v) is 6.98. The first kappa shape index (κ1) is 16.1. The van der Waals surface area contributed by atoms with Crippen molar-refractivity contribution in [3.63, 3.8) is 0 Å². The second-order valence-electron chi connectivity index (χ2n) is 4.39. The molecule has 0 saturated heterocycles. The Morgan fingerprint density at radius 3 is 2.71 bits per heavy atom. The zero-order valence-electron chi connectivity index (χ0n) is 11.2. The Labute approximate surface area is 132 Å². The molecule has 0 spiro atoms. The summed E-state index contributed by atoms with van der Waals surface area (Å²) in [5.41, 5.74) is 1.37. The minimum atomic E-state index is -3.63. The van der Waals surface area contributed by atoms with Crippen molar-refractivity contribution >= 4 is 26.0 Å². The molecule has 0 atom stereocenters. The van der Waals surface area contributed by atoms with Gasteiger partial charge in [-0.1, -0.05) is 12.1 Å². The van der Waals surface area contributed by atoms with Crippen LogP contribution in [0.5, 0.6) is 0 Å². The number of benzene rings is 1. The van der Waals surface area contributed by atoms with Gasteiger partial charge in [0.05, 0.1) is 11.5 Å². The first-order valence-corrected chi connectivity index (χ1v) is 8.59. The molecule has 1 heterocycles. The molecule has 5 nitrogen and oxygen atoms in total. The SMILES string of the molecule is O=S(=O)(NCCc1ccccn1)c1cc(CO)ccc1Br. The van der Waals surface area contributed by atoms with E-state index in [9.17, 15) is 8.42 Å². The summed E-state index contributed by atoms with van der Waals surface area (Å²) >= 11 is 3.22. The van der Waals surface area contributed by atoms with Crippen LogP contribution in [0.1, 0.15) is 11.3 Å². The molecular formula is C14H15BrN2O3S. The fraction of sp³-hybridized carbons (Fsp3) is 0.214. The number of rotatable bonds is 6. The van der Waals surface area contributed by atoms with E-state index in [0.717, 1.165) is 5.69 Å². The summed E-state index contributed by atoms with van der Waals surface area (Å²) in [6.07, 6.45) is 2.18. The number of hydrogen-bond acceptors (Lipinski definition) is 4. The van der Waals surface area contributed by atoms with Gasteiger partial charge in [-0.15, -0.1) is 0 Å². The third-order valence-corrected chi connectivity index (χ3v) is 5.32. The third-order valence-electron chi connectivity index (χ3n) is 2.87. The van der Waals surface area contributed by atoms with Crippen LogP contribution in [-0.4, -0.2) is 25.1 Å². The molecule has 2 aromatic rings. The maximum absolute atomic E-state index is 12.3. The fourth-order valence-electron chi connectivity index (χ4n) is 1.79. The molecule has 0 radical (unpaired) electrons. The first-order valence-electron chi connectivity index (χ1n) is 6.32. The molecule has 0 fully saturated rings. The van der Waals surface area contributed by atoms with Crippen molar-refractivity contribution in [3.05, 3.63) is 58.3 Å². The van der Waals surface area contributed by atoms with Gasteiger partial charge in [0.1, 0.15) is 0 Å². The molecule has 0 aliphatic heterocycles. The number of halogens is 1. The topological polar surface area (TPSA) is 79.3 Å². The number of nitrogens with zero attached hydrogens (tertiary/aromatic N) is 1. The van der Waals surface area contributed by atoms with Crippen molar-refractivity contribution in [1.29, 1.82) is 0 Å². The number of aliphatic hydroxyl groups excluding tert-OH is 1. The molecule has 1 aromatic heterocycles. The standard InChI is InChI=1S/C14H15BrN2O3S/c15-13-5-4-11(10-18)9-14(13)21(19,20)17-8-6-12-3-1-2-7-16-12/h1-5,7,9,17-18H,6,8,10H2. The van der Waals surface area contributed by atoms with E-state index in [1.165, 1.54) is 6.07 Å². The highest BCUT2D eigenvalue weighted by molar-refractivity contribution is 9.10. The molecule has 0 aliphatic carbocycles. The van der Waals surface area contributed by atoms with E-state index in [2.05, 4.69) is 25.6 Å². The lowest BCUT2D eigenvalue weighted by molar-refractivity contribution is 0.281. The Hall–Kier alpha value is -1.28. The van der Waals surface area contributed by atoms with Gasteiger partial charge in [-0.25, -0.2) is 13.1 Å². The van der Waals surface area contributed by atoms with Crippen LogP contribution in [0.15, 0.2) is 52.0 Å². The zero-order valence-corrected chi connectivity index (χ0v) is 13.6. The highest BCUT2D eigenvalue weighted by Crippen LogP contribution is 2.23. The van der Waals surface area contributed by atoms with Crippen LogP contribution in [0, 0.1) is 0 Å². The van der Waals surface area contributed by atoms with Gasteiger partial charge in [-0.05, 0) is 45.8 Å². The Balaban J connectivity index is 2.08. The second kappa shape index (κ2) is 7.13. The van der Waals surface area contributed by atoms with E-state index in [1.807, 2.05) is 18.2 Å². The zero-order chi connectivity index (χ0) is 15.3. The predicted molar refractivity (Wildman–Crippen MR) is 83.2 cm³/mol. The van der Waals surface area contributed by atoms with Crippen LogP contribution in [0.2, 0.25) is 0 Å². The molecule has 0 unspecified atom stereocenters. The smallest absolute Gasteiger partial charge is 0.241 e. The van der Waals surface area contributed by atoms with Crippen molar-refractivity contribution < 1.29 is 13.5 Å². The minimum Gasteiger partial charge on any atom is -0.392 e. The van der Waals surface area contributed by atoms with Crippen LogP contribution in [-0.2, 0) is 23.1 Å². The molecule has 21 heavy (non-hydrogen) atoms. The van der Waals surface area contributed by atoms with E-state index in [0.29, 0.717) is 16.5 Å². The maximum atomic E-state index is 12.3.